The zero-order chi connectivity index (χ0) is 15.0. The zero-order valence-corrected chi connectivity index (χ0v) is 13.1. The van der Waals surface area contributed by atoms with Crippen LogP contribution in [0, 0.1) is 0 Å². The van der Waals surface area contributed by atoms with Gasteiger partial charge in [-0.3, -0.25) is 0 Å². The highest BCUT2D eigenvalue weighted by molar-refractivity contribution is 5.52. The van der Waals surface area contributed by atoms with Crippen molar-refractivity contribution in [3.8, 4) is 0 Å². The van der Waals surface area contributed by atoms with E-state index in [0.29, 0.717) is 12.0 Å². The van der Waals surface area contributed by atoms with Crippen molar-refractivity contribution in [3.05, 3.63) is 54.5 Å². The van der Waals surface area contributed by atoms with E-state index in [-0.39, 0.29) is 0 Å². The lowest BCUT2D eigenvalue weighted by atomic mass is 10.00. The summed E-state index contributed by atoms with van der Waals surface area (Å²) in [6.45, 7) is 15.8. The molecule has 0 bridgehead atoms. The van der Waals surface area contributed by atoms with Gasteiger partial charge < -0.3 is 15.1 Å². The lowest BCUT2D eigenvalue weighted by Crippen LogP contribution is -2.61. The van der Waals surface area contributed by atoms with Crippen molar-refractivity contribution in [2.75, 3.05) is 24.5 Å². The third kappa shape index (κ3) is 2.78. The molecule has 0 saturated carbocycles. The molecule has 2 aliphatic rings. The Morgan fingerprint density at radius 3 is 2.67 bits per heavy atom. The van der Waals surface area contributed by atoms with E-state index in [0.717, 1.165) is 37.6 Å². The molecule has 3 heteroatoms. The maximum absolute atomic E-state index is 4.12. The van der Waals surface area contributed by atoms with Crippen LogP contribution in [-0.2, 0) is 0 Å². The van der Waals surface area contributed by atoms with Crippen LogP contribution in [0.2, 0.25) is 0 Å². The predicted octanol–water partition coefficient (Wildman–Crippen LogP) is 3.28. The van der Waals surface area contributed by atoms with Crippen LogP contribution in [0.5, 0.6) is 0 Å². The Kier molecular flexibility index (Phi) is 3.66. The number of nitrogens with one attached hydrogen (secondary N) is 1. The predicted molar refractivity (Wildman–Crippen MR) is 89.3 cm³/mol. The lowest BCUT2D eigenvalue weighted by Gasteiger charge is -2.49. The molecule has 1 aromatic rings. The smallest absolute Gasteiger partial charge is 0.0984 e. The fraction of sp³-hybridized carbons (Fsp3) is 0.444. The first-order valence-electron chi connectivity index (χ1n) is 7.80. The van der Waals surface area contributed by atoms with Crippen LogP contribution in [-0.4, -0.2) is 30.6 Å². The molecule has 2 saturated heterocycles. The van der Waals surface area contributed by atoms with Gasteiger partial charge in [0.2, 0.25) is 0 Å². The molecule has 0 radical (unpaired) electrons. The number of rotatable bonds is 3. The third-order valence-electron chi connectivity index (χ3n) is 4.53. The van der Waals surface area contributed by atoms with Crippen molar-refractivity contribution in [1.82, 2.24) is 10.2 Å². The van der Waals surface area contributed by atoms with Crippen molar-refractivity contribution in [2.24, 2.45) is 0 Å². The van der Waals surface area contributed by atoms with Crippen LogP contribution in [0.15, 0.2) is 48.9 Å². The van der Waals surface area contributed by atoms with Crippen molar-refractivity contribution in [1.29, 1.82) is 0 Å². The summed E-state index contributed by atoms with van der Waals surface area (Å²) in [7, 11) is 0. The van der Waals surface area contributed by atoms with Gasteiger partial charge in [-0.25, -0.2) is 0 Å². The van der Waals surface area contributed by atoms with Gasteiger partial charge in [-0.15, -0.1) is 0 Å². The molecule has 3 rings (SSSR count). The molecular formula is C18H25N3. The van der Waals surface area contributed by atoms with E-state index in [1.54, 1.807) is 0 Å². The average Bonchev–Trinajstić information content (AvgIpc) is 2.40. The third-order valence-corrected chi connectivity index (χ3v) is 4.53. The highest BCUT2D eigenvalue weighted by Gasteiger charge is 2.34. The number of nitrogens with zero attached hydrogens (tertiary/aromatic N) is 2. The number of anilines is 1. The normalized spacial score (nSPS) is 19.8. The number of hydrogen-bond acceptors (Lipinski definition) is 3. The summed E-state index contributed by atoms with van der Waals surface area (Å²) in [6.07, 6.45) is 1.01. The van der Waals surface area contributed by atoms with Crippen LogP contribution in [0.1, 0.15) is 31.7 Å². The molecule has 2 heterocycles. The lowest BCUT2D eigenvalue weighted by molar-refractivity contribution is 0.191. The highest BCUT2D eigenvalue weighted by atomic mass is 15.4. The van der Waals surface area contributed by atoms with E-state index < -0.39 is 0 Å². The van der Waals surface area contributed by atoms with Crippen LogP contribution < -0.4 is 10.2 Å². The maximum atomic E-state index is 4.12. The molecule has 21 heavy (non-hydrogen) atoms. The van der Waals surface area contributed by atoms with Crippen LogP contribution in [0.25, 0.3) is 0 Å². The van der Waals surface area contributed by atoms with E-state index in [9.17, 15) is 0 Å². The number of benzene rings is 1. The quantitative estimate of drug-likeness (QED) is 0.918. The summed E-state index contributed by atoms with van der Waals surface area (Å²) in [5, 5.41) is 3.28. The van der Waals surface area contributed by atoms with E-state index >= 15 is 0 Å². The topological polar surface area (TPSA) is 18.5 Å². The minimum absolute atomic E-state index is 0.570. The molecule has 1 aromatic carbocycles. The first-order valence-corrected chi connectivity index (χ1v) is 7.80. The zero-order valence-electron chi connectivity index (χ0n) is 13.1. The van der Waals surface area contributed by atoms with Crippen molar-refractivity contribution in [3.63, 3.8) is 0 Å². The van der Waals surface area contributed by atoms with Gasteiger partial charge in [0, 0.05) is 37.4 Å². The minimum atomic E-state index is 0.570. The van der Waals surface area contributed by atoms with Crippen LogP contribution in [0.4, 0.5) is 5.69 Å². The summed E-state index contributed by atoms with van der Waals surface area (Å²) in [5.41, 5.74) is 3.84. The molecule has 2 aliphatic heterocycles. The summed E-state index contributed by atoms with van der Waals surface area (Å²) in [5.74, 6) is 1.59. The fourth-order valence-corrected chi connectivity index (χ4v) is 3.08. The second kappa shape index (κ2) is 5.47. The van der Waals surface area contributed by atoms with Gasteiger partial charge in [-0.2, -0.15) is 0 Å². The second-order valence-corrected chi connectivity index (χ2v) is 6.43. The first-order chi connectivity index (χ1) is 10.0. The molecule has 112 valence electrons. The molecule has 0 unspecified atom stereocenters. The standard InChI is InChI=1S/C18H25N3/c1-13(2)16-6-5-7-17(10-16)20-11-18(12-20)21-9-8-14(3)19-15(21)4/h5-7,10,13,18-19H,3-4,8-9,11-12H2,1-2H3. The molecular weight excluding hydrogens is 258 g/mol. The van der Waals surface area contributed by atoms with Crippen LogP contribution >= 0.6 is 0 Å². The van der Waals surface area contributed by atoms with Gasteiger partial charge in [0.25, 0.3) is 0 Å². The highest BCUT2D eigenvalue weighted by Crippen LogP contribution is 2.29. The van der Waals surface area contributed by atoms with Crippen LogP contribution in [0.3, 0.4) is 0 Å². The second-order valence-electron chi connectivity index (χ2n) is 6.43. The Morgan fingerprint density at radius 2 is 2.00 bits per heavy atom. The number of hydrogen-bond donors (Lipinski definition) is 1. The molecule has 0 atom stereocenters. The molecule has 0 aromatic heterocycles. The van der Waals surface area contributed by atoms with E-state index in [4.69, 9.17) is 0 Å². The molecule has 0 aliphatic carbocycles. The SMILES string of the molecule is C=C1CCN(C2CN(c3cccc(C(C)C)c3)C2)C(=C)N1. The first kappa shape index (κ1) is 14.1. The summed E-state index contributed by atoms with van der Waals surface area (Å²) in [6, 6.07) is 9.50. The maximum Gasteiger partial charge on any atom is 0.0984 e. The summed E-state index contributed by atoms with van der Waals surface area (Å²) in [4.78, 5) is 4.84. The van der Waals surface area contributed by atoms with Crippen molar-refractivity contribution >= 4 is 5.69 Å². The van der Waals surface area contributed by atoms with Gasteiger partial charge in [-0.05, 0) is 23.6 Å². The van der Waals surface area contributed by atoms with Gasteiger partial charge in [0.1, 0.15) is 0 Å². The van der Waals surface area contributed by atoms with E-state index in [1.165, 1.54) is 11.3 Å². The fourth-order valence-electron chi connectivity index (χ4n) is 3.08. The molecule has 0 amide bonds. The van der Waals surface area contributed by atoms with Gasteiger partial charge in [0.05, 0.1) is 11.9 Å². The van der Waals surface area contributed by atoms with Crippen molar-refractivity contribution in [2.45, 2.75) is 32.2 Å². The van der Waals surface area contributed by atoms with Gasteiger partial charge >= 0.3 is 0 Å². The monoisotopic (exact) mass is 283 g/mol. The Balaban J connectivity index is 1.62. The van der Waals surface area contributed by atoms with E-state index in [1.807, 2.05) is 0 Å². The average molecular weight is 283 g/mol. The minimum Gasteiger partial charge on any atom is -0.367 e. The Bertz CT molecular complexity index is 555. The molecule has 0 spiro atoms. The largest absolute Gasteiger partial charge is 0.367 e. The molecule has 1 N–H and O–H groups in total. The Labute approximate surface area is 127 Å². The summed E-state index contributed by atoms with van der Waals surface area (Å²) < 4.78 is 0. The van der Waals surface area contributed by atoms with Crippen molar-refractivity contribution < 1.29 is 0 Å². The molecule has 2 fully saturated rings. The van der Waals surface area contributed by atoms with Gasteiger partial charge in [-0.1, -0.05) is 39.1 Å². The Morgan fingerprint density at radius 1 is 1.24 bits per heavy atom. The van der Waals surface area contributed by atoms with E-state index in [2.05, 4.69) is 66.4 Å². The Hall–Kier alpha value is -1.90. The summed E-state index contributed by atoms with van der Waals surface area (Å²) >= 11 is 0. The van der Waals surface area contributed by atoms with Gasteiger partial charge in [0.15, 0.2) is 0 Å². The molecule has 3 nitrogen and oxygen atoms in total.